The smallest absolute Gasteiger partial charge is 0.192 e. The molecule has 0 aromatic heterocycles. The first-order valence-electron chi connectivity index (χ1n) is 5.93. The molecule has 4 atom stereocenters. The molecule has 1 rings (SSSR count). The molecule has 0 aliphatic carbocycles. The molecule has 98 valence electrons. The molecule has 6 heteroatoms. The van der Waals surface area contributed by atoms with Crippen LogP contribution in [0.1, 0.15) is 20.8 Å². The van der Waals surface area contributed by atoms with Gasteiger partial charge in [-0.25, -0.2) is 4.39 Å². The number of rotatable bonds is 3. The van der Waals surface area contributed by atoms with Crippen molar-refractivity contribution in [3.8, 4) is 0 Å². The molecule has 0 aromatic rings. The molecular formula is C11H22BFO3Si. The minimum Gasteiger partial charge on any atom is -0.414 e. The fourth-order valence-corrected chi connectivity index (χ4v) is 2.42. The summed E-state index contributed by atoms with van der Waals surface area (Å²) in [6.07, 6.45) is -3.37. The molecule has 0 aromatic carbocycles. The number of alkyl halides is 1. The van der Waals surface area contributed by atoms with Crippen LogP contribution in [0.3, 0.4) is 0 Å². The Balaban J connectivity index is 2.53. The van der Waals surface area contributed by atoms with Gasteiger partial charge in [-0.1, -0.05) is 20.8 Å². The molecule has 1 aliphatic rings. The van der Waals surface area contributed by atoms with Crippen molar-refractivity contribution in [1.29, 1.82) is 0 Å². The zero-order chi connectivity index (χ0) is 13.4. The monoisotopic (exact) mass is 260 g/mol. The zero-order valence-corrected chi connectivity index (χ0v) is 12.2. The highest BCUT2D eigenvalue weighted by Crippen LogP contribution is 2.37. The van der Waals surface area contributed by atoms with Crippen LogP contribution in [0.5, 0.6) is 0 Å². The Labute approximate surface area is 105 Å². The number of ether oxygens (including phenoxy) is 1. The van der Waals surface area contributed by atoms with E-state index in [-0.39, 0.29) is 11.6 Å². The van der Waals surface area contributed by atoms with Gasteiger partial charge in [-0.2, -0.15) is 0 Å². The maximum absolute atomic E-state index is 13.3. The molecule has 3 nitrogen and oxygen atoms in total. The third kappa shape index (κ3) is 3.31. The van der Waals surface area contributed by atoms with Gasteiger partial charge >= 0.3 is 0 Å². The van der Waals surface area contributed by atoms with E-state index in [0.717, 1.165) is 0 Å². The highest BCUT2D eigenvalue weighted by molar-refractivity contribution is 6.74. The van der Waals surface area contributed by atoms with Gasteiger partial charge in [0.15, 0.2) is 8.32 Å². The van der Waals surface area contributed by atoms with E-state index in [1.54, 1.807) is 0 Å². The van der Waals surface area contributed by atoms with Crippen molar-refractivity contribution in [1.82, 2.24) is 0 Å². The first-order chi connectivity index (χ1) is 7.56. The summed E-state index contributed by atoms with van der Waals surface area (Å²) in [7, 11) is 3.48. The molecule has 2 radical (unpaired) electrons. The minimum absolute atomic E-state index is 0.0772. The molecule has 1 saturated heterocycles. The van der Waals surface area contributed by atoms with Crippen LogP contribution in [0.4, 0.5) is 4.39 Å². The normalized spacial score (nSPS) is 35.2. The molecule has 0 amide bonds. The Morgan fingerprint density at radius 3 is 2.29 bits per heavy atom. The van der Waals surface area contributed by atoms with Gasteiger partial charge in [-0.3, -0.25) is 0 Å². The zero-order valence-electron chi connectivity index (χ0n) is 11.2. The van der Waals surface area contributed by atoms with E-state index in [1.807, 2.05) is 0 Å². The molecule has 17 heavy (non-hydrogen) atoms. The second-order valence-corrected chi connectivity index (χ2v) is 11.0. The van der Waals surface area contributed by atoms with Crippen LogP contribution in [0.15, 0.2) is 0 Å². The van der Waals surface area contributed by atoms with Crippen LogP contribution in [0.2, 0.25) is 18.1 Å². The summed E-state index contributed by atoms with van der Waals surface area (Å²) >= 11 is 0. The van der Waals surface area contributed by atoms with E-state index in [0.29, 0.717) is 0 Å². The van der Waals surface area contributed by atoms with Crippen LogP contribution >= 0.6 is 0 Å². The average molecular weight is 260 g/mol. The second kappa shape index (κ2) is 4.99. The predicted molar refractivity (Wildman–Crippen MR) is 68.5 cm³/mol. The molecule has 0 bridgehead atoms. The second-order valence-electron chi connectivity index (χ2n) is 6.15. The van der Waals surface area contributed by atoms with Gasteiger partial charge in [0.25, 0.3) is 0 Å². The lowest BCUT2D eigenvalue weighted by molar-refractivity contribution is -0.00237. The van der Waals surface area contributed by atoms with E-state index in [2.05, 4.69) is 33.9 Å². The Hall–Kier alpha value is 0.0918. The predicted octanol–water partition coefficient (Wildman–Crippen LogP) is 1.60. The largest absolute Gasteiger partial charge is 0.414 e. The van der Waals surface area contributed by atoms with Crippen molar-refractivity contribution in [2.75, 3.05) is 6.61 Å². The molecule has 1 aliphatic heterocycles. The van der Waals surface area contributed by atoms with Crippen molar-refractivity contribution in [3.63, 3.8) is 0 Å². The maximum atomic E-state index is 13.3. The number of aliphatic hydroxyl groups excluding tert-OH is 1. The van der Waals surface area contributed by atoms with Crippen molar-refractivity contribution < 1.29 is 18.7 Å². The lowest BCUT2D eigenvalue weighted by Gasteiger charge is -2.37. The van der Waals surface area contributed by atoms with Gasteiger partial charge in [0.05, 0.1) is 12.6 Å². The molecule has 1 N–H and O–H groups in total. The fourth-order valence-electron chi connectivity index (χ4n) is 1.40. The first-order valence-corrected chi connectivity index (χ1v) is 8.84. The summed E-state index contributed by atoms with van der Waals surface area (Å²) in [4.78, 5) is 0. The molecule has 2 unspecified atom stereocenters. The van der Waals surface area contributed by atoms with Crippen molar-refractivity contribution in [2.45, 2.75) is 63.3 Å². The van der Waals surface area contributed by atoms with Crippen molar-refractivity contribution in [2.24, 2.45) is 0 Å². The molecular weight excluding hydrogens is 238 g/mol. The van der Waals surface area contributed by atoms with E-state index >= 15 is 0 Å². The number of halogens is 1. The van der Waals surface area contributed by atoms with Crippen LogP contribution in [-0.4, -0.2) is 52.3 Å². The van der Waals surface area contributed by atoms with Gasteiger partial charge in [0.1, 0.15) is 26.2 Å². The summed E-state index contributed by atoms with van der Waals surface area (Å²) in [6, 6.07) is -1.04. The summed E-state index contributed by atoms with van der Waals surface area (Å²) < 4.78 is 24.3. The van der Waals surface area contributed by atoms with E-state index in [4.69, 9.17) is 17.0 Å². The summed E-state index contributed by atoms with van der Waals surface area (Å²) in [5.41, 5.74) is 0. The summed E-state index contributed by atoms with van der Waals surface area (Å²) in [5, 5.41) is 9.66. The topological polar surface area (TPSA) is 38.7 Å². The fraction of sp³-hybridized carbons (Fsp3) is 1.00. The number of hydrogen-bond acceptors (Lipinski definition) is 3. The number of aliphatic hydroxyl groups is 1. The highest BCUT2D eigenvalue weighted by atomic mass is 28.4. The Kier molecular flexibility index (Phi) is 4.45. The standard InChI is InChI=1S/C11H22BFO3Si/c1-11(2,3)17(4,5)15-6-7-9(14)8(13)10(12)16-7/h7-10,14H,6H2,1-5H3/t7-,8?,9?,10-/m1/s1. The van der Waals surface area contributed by atoms with E-state index in [9.17, 15) is 9.50 Å². The van der Waals surface area contributed by atoms with Gasteiger partial charge < -0.3 is 14.3 Å². The molecule has 1 fully saturated rings. The third-order valence-electron chi connectivity index (χ3n) is 3.77. The maximum Gasteiger partial charge on any atom is 0.192 e. The van der Waals surface area contributed by atoms with Gasteiger partial charge in [0.2, 0.25) is 0 Å². The van der Waals surface area contributed by atoms with Crippen LogP contribution < -0.4 is 0 Å². The quantitative estimate of drug-likeness (QED) is 0.783. The van der Waals surface area contributed by atoms with Crippen molar-refractivity contribution >= 4 is 16.2 Å². The van der Waals surface area contributed by atoms with E-state index < -0.39 is 32.7 Å². The van der Waals surface area contributed by atoms with Crippen LogP contribution in [-0.2, 0) is 9.16 Å². The molecule has 0 spiro atoms. The number of hydrogen-bond donors (Lipinski definition) is 1. The first kappa shape index (κ1) is 15.2. The van der Waals surface area contributed by atoms with Gasteiger partial charge in [-0.05, 0) is 18.1 Å². The Bertz CT molecular complexity index is 270. The SMILES string of the molecule is [B][C@@H]1O[C@H](CO[Si](C)(C)C(C)(C)C)C(O)C1F. The lowest BCUT2D eigenvalue weighted by Crippen LogP contribution is -2.44. The summed E-state index contributed by atoms with van der Waals surface area (Å²) in [5.74, 6) is 0. The molecule has 1 heterocycles. The average Bonchev–Trinajstić information content (AvgIpc) is 2.41. The van der Waals surface area contributed by atoms with Crippen LogP contribution in [0.25, 0.3) is 0 Å². The molecule has 0 saturated carbocycles. The van der Waals surface area contributed by atoms with Gasteiger partial charge in [0, 0.05) is 0 Å². The lowest BCUT2D eigenvalue weighted by atomic mass is 9.94. The minimum atomic E-state index is -1.90. The van der Waals surface area contributed by atoms with E-state index in [1.165, 1.54) is 0 Å². The van der Waals surface area contributed by atoms with Gasteiger partial charge in [-0.15, -0.1) is 0 Å². The third-order valence-corrected chi connectivity index (χ3v) is 8.27. The summed E-state index contributed by atoms with van der Waals surface area (Å²) in [6.45, 7) is 10.8. The van der Waals surface area contributed by atoms with Crippen LogP contribution in [0, 0.1) is 0 Å². The Morgan fingerprint density at radius 2 is 1.94 bits per heavy atom. The Morgan fingerprint density at radius 1 is 1.41 bits per heavy atom. The van der Waals surface area contributed by atoms with Crippen molar-refractivity contribution in [3.05, 3.63) is 0 Å². The highest BCUT2D eigenvalue weighted by Gasteiger charge is 2.43.